The molecule has 0 saturated carbocycles. The first-order valence-corrected chi connectivity index (χ1v) is 6.80. The summed E-state index contributed by atoms with van der Waals surface area (Å²) in [5.74, 6) is 0. The molecule has 0 aliphatic carbocycles. The van der Waals surface area contributed by atoms with Gasteiger partial charge in [-0.05, 0) is 37.1 Å². The Bertz CT molecular complexity index is 446. The van der Waals surface area contributed by atoms with Crippen LogP contribution in [0.5, 0.6) is 0 Å². The van der Waals surface area contributed by atoms with Crippen LogP contribution >= 0.6 is 0 Å². The molecule has 2 aliphatic rings. The minimum absolute atomic E-state index is 0.749. The molecular weight excluding hydrogens is 222 g/mol. The SMILES string of the molecule is N#Cc1ccc(CN2CCN3CCCC3C2)cc1. The van der Waals surface area contributed by atoms with E-state index in [1.165, 1.54) is 44.6 Å². The Kier molecular flexibility index (Phi) is 3.31. The fourth-order valence-electron chi connectivity index (χ4n) is 3.14. The van der Waals surface area contributed by atoms with Crippen LogP contribution < -0.4 is 0 Å². The van der Waals surface area contributed by atoms with E-state index in [4.69, 9.17) is 5.26 Å². The Labute approximate surface area is 109 Å². The van der Waals surface area contributed by atoms with Crippen LogP contribution in [0.15, 0.2) is 24.3 Å². The maximum Gasteiger partial charge on any atom is 0.0991 e. The largest absolute Gasteiger partial charge is 0.298 e. The van der Waals surface area contributed by atoms with Crippen molar-refractivity contribution in [3.63, 3.8) is 0 Å². The number of fused-ring (bicyclic) bond motifs is 1. The molecule has 1 aromatic carbocycles. The average Bonchev–Trinajstić information content (AvgIpc) is 2.87. The van der Waals surface area contributed by atoms with E-state index < -0.39 is 0 Å². The summed E-state index contributed by atoms with van der Waals surface area (Å²) in [7, 11) is 0. The normalized spacial score (nSPS) is 24.7. The predicted molar refractivity (Wildman–Crippen MR) is 71.0 cm³/mol. The first-order valence-electron chi connectivity index (χ1n) is 6.80. The van der Waals surface area contributed by atoms with Gasteiger partial charge < -0.3 is 0 Å². The smallest absolute Gasteiger partial charge is 0.0991 e. The summed E-state index contributed by atoms with van der Waals surface area (Å²) >= 11 is 0. The van der Waals surface area contributed by atoms with Crippen molar-refractivity contribution < 1.29 is 0 Å². The molecule has 0 radical (unpaired) electrons. The second-order valence-corrected chi connectivity index (χ2v) is 5.38. The van der Waals surface area contributed by atoms with Gasteiger partial charge in [0.25, 0.3) is 0 Å². The quantitative estimate of drug-likeness (QED) is 0.791. The number of hydrogen-bond donors (Lipinski definition) is 0. The van der Waals surface area contributed by atoms with E-state index in [-0.39, 0.29) is 0 Å². The number of benzene rings is 1. The van der Waals surface area contributed by atoms with Gasteiger partial charge in [-0.3, -0.25) is 9.80 Å². The highest BCUT2D eigenvalue weighted by molar-refractivity contribution is 5.31. The van der Waals surface area contributed by atoms with Gasteiger partial charge in [0.05, 0.1) is 11.6 Å². The van der Waals surface area contributed by atoms with Gasteiger partial charge in [-0.15, -0.1) is 0 Å². The van der Waals surface area contributed by atoms with E-state index in [9.17, 15) is 0 Å². The molecule has 2 aliphatic heterocycles. The maximum absolute atomic E-state index is 8.79. The van der Waals surface area contributed by atoms with Crippen molar-refractivity contribution in [1.29, 1.82) is 5.26 Å². The van der Waals surface area contributed by atoms with Crippen LogP contribution in [0.4, 0.5) is 0 Å². The lowest BCUT2D eigenvalue weighted by molar-refractivity contribution is 0.0994. The van der Waals surface area contributed by atoms with Crippen LogP contribution in [0.3, 0.4) is 0 Å². The first kappa shape index (κ1) is 11.7. The Morgan fingerprint density at radius 3 is 2.78 bits per heavy atom. The molecule has 1 aromatic rings. The number of piperazine rings is 1. The molecule has 2 fully saturated rings. The van der Waals surface area contributed by atoms with Crippen LogP contribution in [0.2, 0.25) is 0 Å². The van der Waals surface area contributed by atoms with E-state index in [1.807, 2.05) is 12.1 Å². The molecule has 94 valence electrons. The molecule has 2 saturated heterocycles. The van der Waals surface area contributed by atoms with Crippen molar-refractivity contribution in [2.24, 2.45) is 0 Å². The third-order valence-corrected chi connectivity index (χ3v) is 4.16. The topological polar surface area (TPSA) is 30.3 Å². The highest BCUT2D eigenvalue weighted by Crippen LogP contribution is 2.22. The summed E-state index contributed by atoms with van der Waals surface area (Å²) in [4.78, 5) is 5.18. The molecule has 0 bridgehead atoms. The van der Waals surface area contributed by atoms with Crippen molar-refractivity contribution in [2.75, 3.05) is 26.2 Å². The maximum atomic E-state index is 8.79. The lowest BCUT2D eigenvalue weighted by atomic mass is 10.1. The van der Waals surface area contributed by atoms with Crippen LogP contribution in [0.1, 0.15) is 24.0 Å². The molecular formula is C15H19N3. The molecule has 0 N–H and O–H groups in total. The Morgan fingerprint density at radius 2 is 2.00 bits per heavy atom. The Balaban J connectivity index is 1.60. The highest BCUT2D eigenvalue weighted by Gasteiger charge is 2.30. The van der Waals surface area contributed by atoms with E-state index in [2.05, 4.69) is 28.0 Å². The second kappa shape index (κ2) is 5.09. The Hall–Kier alpha value is -1.37. The summed E-state index contributed by atoms with van der Waals surface area (Å²) in [5, 5.41) is 8.79. The predicted octanol–water partition coefficient (Wildman–Crippen LogP) is 1.84. The Morgan fingerprint density at radius 1 is 1.17 bits per heavy atom. The fraction of sp³-hybridized carbons (Fsp3) is 0.533. The molecule has 0 amide bonds. The zero-order valence-electron chi connectivity index (χ0n) is 10.7. The minimum atomic E-state index is 0.749. The van der Waals surface area contributed by atoms with Crippen molar-refractivity contribution >= 4 is 0 Å². The van der Waals surface area contributed by atoms with Crippen molar-refractivity contribution in [2.45, 2.75) is 25.4 Å². The molecule has 3 nitrogen and oxygen atoms in total. The van der Waals surface area contributed by atoms with Gasteiger partial charge in [0.2, 0.25) is 0 Å². The third kappa shape index (κ3) is 2.40. The zero-order valence-corrected chi connectivity index (χ0v) is 10.7. The summed E-state index contributed by atoms with van der Waals surface area (Å²) in [6.45, 7) is 5.93. The summed E-state index contributed by atoms with van der Waals surface area (Å²) in [6, 6.07) is 11.0. The van der Waals surface area contributed by atoms with Gasteiger partial charge in [0.1, 0.15) is 0 Å². The van der Waals surface area contributed by atoms with Gasteiger partial charge in [-0.2, -0.15) is 5.26 Å². The molecule has 1 unspecified atom stereocenters. The first-order chi connectivity index (χ1) is 8.85. The average molecular weight is 241 g/mol. The summed E-state index contributed by atoms with van der Waals surface area (Å²) < 4.78 is 0. The van der Waals surface area contributed by atoms with Crippen LogP contribution in [-0.2, 0) is 6.54 Å². The van der Waals surface area contributed by atoms with E-state index in [0.717, 1.165) is 18.2 Å². The lowest BCUT2D eigenvalue weighted by Gasteiger charge is -2.37. The second-order valence-electron chi connectivity index (χ2n) is 5.38. The van der Waals surface area contributed by atoms with Gasteiger partial charge in [-0.1, -0.05) is 12.1 Å². The summed E-state index contributed by atoms with van der Waals surface area (Å²) in [6.07, 6.45) is 2.74. The van der Waals surface area contributed by atoms with Crippen molar-refractivity contribution in [3.05, 3.63) is 35.4 Å². The zero-order chi connectivity index (χ0) is 12.4. The monoisotopic (exact) mass is 241 g/mol. The van der Waals surface area contributed by atoms with Gasteiger partial charge in [0.15, 0.2) is 0 Å². The molecule has 3 heteroatoms. The molecule has 0 aromatic heterocycles. The van der Waals surface area contributed by atoms with Crippen molar-refractivity contribution in [1.82, 2.24) is 9.80 Å². The minimum Gasteiger partial charge on any atom is -0.298 e. The van der Waals surface area contributed by atoms with Gasteiger partial charge in [0, 0.05) is 32.2 Å². The number of hydrogen-bond acceptors (Lipinski definition) is 3. The number of nitriles is 1. The lowest BCUT2D eigenvalue weighted by Crippen LogP contribution is -2.49. The molecule has 18 heavy (non-hydrogen) atoms. The molecule has 1 atom stereocenters. The van der Waals surface area contributed by atoms with E-state index >= 15 is 0 Å². The van der Waals surface area contributed by atoms with Crippen LogP contribution in [0.25, 0.3) is 0 Å². The van der Waals surface area contributed by atoms with Crippen molar-refractivity contribution in [3.8, 4) is 6.07 Å². The molecule has 2 heterocycles. The van der Waals surface area contributed by atoms with Gasteiger partial charge >= 0.3 is 0 Å². The third-order valence-electron chi connectivity index (χ3n) is 4.16. The number of nitrogens with zero attached hydrogens (tertiary/aromatic N) is 3. The number of rotatable bonds is 2. The van der Waals surface area contributed by atoms with Crippen LogP contribution in [-0.4, -0.2) is 42.0 Å². The van der Waals surface area contributed by atoms with E-state index in [0.29, 0.717) is 0 Å². The standard InChI is InChI=1S/C15H19N3/c16-10-13-3-5-14(6-4-13)11-17-8-9-18-7-1-2-15(18)12-17/h3-6,15H,1-2,7-9,11-12H2. The van der Waals surface area contributed by atoms with Gasteiger partial charge in [-0.25, -0.2) is 0 Å². The van der Waals surface area contributed by atoms with E-state index in [1.54, 1.807) is 0 Å². The highest BCUT2D eigenvalue weighted by atomic mass is 15.3. The molecule has 3 rings (SSSR count). The van der Waals surface area contributed by atoms with Crippen LogP contribution in [0, 0.1) is 11.3 Å². The molecule has 0 spiro atoms. The summed E-state index contributed by atoms with van der Waals surface area (Å²) in [5.41, 5.74) is 2.07. The fourth-order valence-corrected chi connectivity index (χ4v) is 3.14.